The first-order valence-corrected chi connectivity index (χ1v) is 9.82. The first kappa shape index (κ1) is 18.8. The van der Waals surface area contributed by atoms with Gasteiger partial charge in [-0.3, -0.25) is 9.59 Å². The maximum Gasteiger partial charge on any atom is 0.272 e. The van der Waals surface area contributed by atoms with Gasteiger partial charge in [0.25, 0.3) is 5.91 Å². The number of aromatic amines is 1. The summed E-state index contributed by atoms with van der Waals surface area (Å²) in [7, 11) is 0. The molecule has 0 spiro atoms. The number of nitrogens with zero attached hydrogens (tertiary/aromatic N) is 1. The number of amides is 2. The molecule has 3 aromatic carbocycles. The lowest BCUT2D eigenvalue weighted by Crippen LogP contribution is -2.27. The van der Waals surface area contributed by atoms with Crippen LogP contribution in [0, 0.1) is 0 Å². The van der Waals surface area contributed by atoms with E-state index < -0.39 is 6.04 Å². The molecule has 5 N–H and O–H groups in total. The summed E-state index contributed by atoms with van der Waals surface area (Å²) in [6.45, 7) is 0. The lowest BCUT2D eigenvalue weighted by atomic mass is 10.0. The zero-order chi connectivity index (χ0) is 21.4. The summed E-state index contributed by atoms with van der Waals surface area (Å²) in [5.74, 6) is -0.708. The van der Waals surface area contributed by atoms with E-state index in [1.54, 1.807) is 30.5 Å². The van der Waals surface area contributed by atoms with Gasteiger partial charge in [-0.25, -0.2) is 5.43 Å². The van der Waals surface area contributed by atoms with Crippen LogP contribution in [0.5, 0.6) is 0 Å². The van der Waals surface area contributed by atoms with Gasteiger partial charge in [0, 0.05) is 22.2 Å². The highest BCUT2D eigenvalue weighted by molar-refractivity contribution is 6.18. The number of rotatable bonds is 4. The van der Waals surface area contributed by atoms with Crippen LogP contribution < -0.4 is 16.5 Å². The number of hydrogen-bond donors (Lipinski definition) is 4. The lowest BCUT2D eigenvalue weighted by Gasteiger charge is -2.13. The number of benzene rings is 3. The number of hydrazone groups is 1. The predicted molar refractivity (Wildman–Crippen MR) is 121 cm³/mol. The van der Waals surface area contributed by atoms with Gasteiger partial charge >= 0.3 is 0 Å². The monoisotopic (exact) mass is 409 g/mol. The summed E-state index contributed by atoms with van der Waals surface area (Å²) in [5.41, 5.74) is 13.6. The van der Waals surface area contributed by atoms with Crippen LogP contribution in [0.2, 0.25) is 0 Å². The highest BCUT2D eigenvalue weighted by Gasteiger charge is 2.23. The molecule has 1 aliphatic heterocycles. The minimum absolute atomic E-state index is 0.345. The number of nitrogens with two attached hydrogens (primary N) is 1. The normalized spacial score (nSPS) is 13.5. The average molecular weight is 409 g/mol. The Bertz CT molecular complexity index is 1330. The van der Waals surface area contributed by atoms with Crippen LogP contribution in [0.25, 0.3) is 22.2 Å². The first-order valence-electron chi connectivity index (χ1n) is 9.82. The van der Waals surface area contributed by atoms with Gasteiger partial charge in [-0.1, -0.05) is 60.7 Å². The van der Waals surface area contributed by atoms with Crippen LogP contribution in [0.3, 0.4) is 0 Å². The van der Waals surface area contributed by atoms with E-state index in [1.165, 1.54) is 0 Å². The minimum Gasteiger partial charge on any atom is -0.354 e. The van der Waals surface area contributed by atoms with Crippen molar-refractivity contribution in [3.8, 4) is 11.3 Å². The summed E-state index contributed by atoms with van der Waals surface area (Å²) in [6.07, 6.45) is 1.64. The van der Waals surface area contributed by atoms with Crippen LogP contribution in [-0.2, 0) is 4.79 Å². The Hall–Kier alpha value is -4.23. The van der Waals surface area contributed by atoms with E-state index in [2.05, 4.69) is 20.8 Å². The molecule has 4 aromatic rings. The van der Waals surface area contributed by atoms with Crippen molar-refractivity contribution in [2.75, 3.05) is 5.32 Å². The van der Waals surface area contributed by atoms with Crippen molar-refractivity contribution >= 4 is 34.6 Å². The highest BCUT2D eigenvalue weighted by atomic mass is 16.2. The topological polar surface area (TPSA) is 112 Å². The van der Waals surface area contributed by atoms with Crippen LogP contribution in [0.15, 0.2) is 77.9 Å². The predicted octanol–water partition coefficient (Wildman–Crippen LogP) is 3.55. The van der Waals surface area contributed by atoms with Crippen molar-refractivity contribution in [3.05, 3.63) is 89.5 Å². The largest absolute Gasteiger partial charge is 0.354 e. The molecule has 0 bridgehead atoms. The molecule has 0 unspecified atom stereocenters. The third-order valence-corrected chi connectivity index (χ3v) is 5.31. The zero-order valence-corrected chi connectivity index (χ0v) is 16.4. The van der Waals surface area contributed by atoms with Gasteiger partial charge in [0.1, 0.15) is 6.04 Å². The molecule has 5 rings (SSSR count). The van der Waals surface area contributed by atoms with Gasteiger partial charge in [0.15, 0.2) is 0 Å². The molecule has 7 heteroatoms. The molecule has 0 aliphatic carbocycles. The molecule has 0 saturated carbocycles. The summed E-state index contributed by atoms with van der Waals surface area (Å²) in [5, 5.41) is 7.65. The Morgan fingerprint density at radius 1 is 1.00 bits per heavy atom. The van der Waals surface area contributed by atoms with Gasteiger partial charge in [-0.05, 0) is 23.3 Å². The second kappa shape index (κ2) is 7.55. The fourth-order valence-electron chi connectivity index (χ4n) is 3.82. The molecule has 31 heavy (non-hydrogen) atoms. The third-order valence-electron chi connectivity index (χ3n) is 5.31. The number of carbonyl (C=O) groups excluding carboxylic acids is 2. The summed E-state index contributed by atoms with van der Waals surface area (Å²) >= 11 is 0. The maximum atomic E-state index is 12.7. The number of hydrogen-bond acceptors (Lipinski definition) is 4. The van der Waals surface area contributed by atoms with Gasteiger partial charge in [-0.15, -0.1) is 0 Å². The smallest absolute Gasteiger partial charge is 0.272 e. The molecule has 1 aromatic heterocycles. The Morgan fingerprint density at radius 2 is 1.71 bits per heavy atom. The number of carbonyl (C=O) groups is 2. The molecule has 7 nitrogen and oxygen atoms in total. The van der Waals surface area contributed by atoms with E-state index in [0.29, 0.717) is 16.8 Å². The lowest BCUT2D eigenvalue weighted by molar-refractivity contribution is -0.117. The molecular formula is C24H19N5O2. The highest BCUT2D eigenvalue weighted by Crippen LogP contribution is 2.34. The van der Waals surface area contributed by atoms with Gasteiger partial charge in [0.05, 0.1) is 17.5 Å². The van der Waals surface area contributed by atoms with Crippen molar-refractivity contribution < 1.29 is 9.59 Å². The van der Waals surface area contributed by atoms with Gasteiger partial charge < -0.3 is 16.0 Å². The maximum absolute atomic E-state index is 12.7. The van der Waals surface area contributed by atoms with Crippen molar-refractivity contribution in [3.63, 3.8) is 0 Å². The van der Waals surface area contributed by atoms with Gasteiger partial charge in [-0.2, -0.15) is 5.10 Å². The van der Waals surface area contributed by atoms with Crippen LogP contribution in [-0.4, -0.2) is 23.0 Å². The Labute approximate surface area is 178 Å². The number of anilines is 1. The van der Waals surface area contributed by atoms with Crippen molar-refractivity contribution in [2.45, 2.75) is 6.04 Å². The van der Waals surface area contributed by atoms with Crippen molar-refractivity contribution in [1.29, 1.82) is 0 Å². The molecule has 152 valence electrons. The van der Waals surface area contributed by atoms with Crippen LogP contribution in [0.1, 0.15) is 27.5 Å². The first-order chi connectivity index (χ1) is 15.1. The summed E-state index contributed by atoms with van der Waals surface area (Å²) in [6, 6.07) is 21.6. The Balaban J connectivity index is 1.58. The van der Waals surface area contributed by atoms with Crippen LogP contribution >= 0.6 is 0 Å². The Morgan fingerprint density at radius 3 is 2.45 bits per heavy atom. The molecule has 0 saturated heterocycles. The van der Waals surface area contributed by atoms with Crippen molar-refractivity contribution in [2.24, 2.45) is 10.8 Å². The molecule has 2 heterocycles. The molecule has 1 aliphatic rings. The molecule has 0 radical (unpaired) electrons. The van der Waals surface area contributed by atoms with E-state index >= 15 is 0 Å². The van der Waals surface area contributed by atoms with E-state index in [9.17, 15) is 9.59 Å². The molecular weight excluding hydrogens is 390 g/mol. The molecule has 1 atom stereocenters. The number of nitrogens with one attached hydrogen (secondary N) is 3. The van der Waals surface area contributed by atoms with Crippen LogP contribution in [0.4, 0.5) is 5.69 Å². The standard InChI is InChI=1S/C24H19N5O2/c25-21(14-7-3-1-4-8-14)24(31)27-16-11-17-20-18(13-26-29-23(17)30)22(28-19(20)12-16)15-9-5-2-6-10-15/h1-13,21,28H,25H2,(H,27,31)(H,29,30)/t21-/m1/s1. The quantitative estimate of drug-likeness (QED) is 0.413. The number of H-pyrrole nitrogens is 1. The summed E-state index contributed by atoms with van der Waals surface area (Å²) in [4.78, 5) is 28.8. The Kier molecular flexibility index (Phi) is 4.57. The molecule has 0 fully saturated rings. The fourth-order valence-corrected chi connectivity index (χ4v) is 3.82. The second-order valence-corrected chi connectivity index (χ2v) is 7.30. The fraction of sp³-hybridized carbons (Fsp3) is 0.0417. The summed E-state index contributed by atoms with van der Waals surface area (Å²) < 4.78 is 0. The average Bonchev–Trinajstić information content (AvgIpc) is 3.08. The zero-order valence-electron chi connectivity index (χ0n) is 16.4. The second-order valence-electron chi connectivity index (χ2n) is 7.30. The molecule has 2 amide bonds. The van der Waals surface area contributed by atoms with Gasteiger partial charge in [0.2, 0.25) is 5.91 Å². The van der Waals surface area contributed by atoms with Crippen molar-refractivity contribution in [1.82, 2.24) is 10.4 Å². The SMILES string of the molecule is N[C@@H](C(=O)Nc1cc2c3c(c(-c4ccccc4)[nH]c3c1)C=NNC2=O)c1ccccc1. The minimum atomic E-state index is -0.827. The van der Waals surface area contributed by atoms with E-state index in [1.807, 2.05) is 48.5 Å². The van der Waals surface area contributed by atoms with E-state index in [0.717, 1.165) is 27.7 Å². The third kappa shape index (κ3) is 3.37. The van der Waals surface area contributed by atoms with E-state index in [-0.39, 0.29) is 11.8 Å². The van der Waals surface area contributed by atoms with E-state index in [4.69, 9.17) is 5.73 Å². The number of aromatic nitrogens is 1.